The Labute approximate surface area is 366 Å². The summed E-state index contributed by atoms with van der Waals surface area (Å²) < 4.78 is 53.9. The highest BCUT2D eigenvalue weighted by Gasteiger charge is 2.58. The van der Waals surface area contributed by atoms with Gasteiger partial charge in [0.2, 0.25) is 0 Å². The van der Waals surface area contributed by atoms with Crippen molar-refractivity contribution in [3.8, 4) is 22.3 Å². The molecule has 318 valence electrons. The Hall–Kier alpha value is -2.83. The molecule has 1 spiro atoms. The van der Waals surface area contributed by atoms with E-state index in [9.17, 15) is 0 Å². The maximum absolute atomic E-state index is 6.74. The molecule has 4 aromatic rings. The first-order chi connectivity index (χ1) is 28.1. The Morgan fingerprint density at radius 3 is 0.607 bits per heavy atom. The molecular formula is C48H60B4O8S. The van der Waals surface area contributed by atoms with Gasteiger partial charge in [-0.05, 0) is 179 Å². The van der Waals surface area contributed by atoms with Crippen molar-refractivity contribution in [2.75, 3.05) is 0 Å². The maximum Gasteiger partial charge on any atom is 0.494 e. The molecule has 6 aliphatic heterocycles. The van der Waals surface area contributed by atoms with Gasteiger partial charge in [0.15, 0.2) is 0 Å². The van der Waals surface area contributed by atoms with Crippen LogP contribution in [0.25, 0.3) is 22.3 Å². The smallest absolute Gasteiger partial charge is 0.399 e. The van der Waals surface area contributed by atoms with Gasteiger partial charge >= 0.3 is 28.5 Å². The molecule has 0 amide bonds. The zero-order chi connectivity index (χ0) is 43.9. The van der Waals surface area contributed by atoms with Gasteiger partial charge in [-0.3, -0.25) is 0 Å². The highest BCUT2D eigenvalue weighted by atomic mass is 32.3. The summed E-state index contributed by atoms with van der Waals surface area (Å²) in [6.07, 6.45) is 0. The van der Waals surface area contributed by atoms with Gasteiger partial charge in [-0.2, -0.15) is 0 Å². The quantitative estimate of drug-likeness (QED) is 0.165. The van der Waals surface area contributed by atoms with E-state index in [1.165, 1.54) is 41.8 Å². The third-order valence-corrected chi connectivity index (χ3v) is 20.0. The second-order valence-electron chi connectivity index (χ2n) is 22.0. The summed E-state index contributed by atoms with van der Waals surface area (Å²) in [6.45, 7) is 33.7. The summed E-state index contributed by atoms with van der Waals surface area (Å²) in [7, 11) is -4.40. The molecule has 61 heavy (non-hydrogen) atoms. The number of benzene rings is 4. The van der Waals surface area contributed by atoms with Crippen LogP contribution >= 0.6 is 10.0 Å². The van der Waals surface area contributed by atoms with Crippen LogP contribution in [0.1, 0.15) is 111 Å². The number of fused-ring (bicyclic) bond motifs is 10. The molecule has 10 rings (SSSR count). The average Bonchev–Trinajstić information content (AvgIpc) is 3.88. The number of hydrogen-bond donors (Lipinski definition) is 0. The third-order valence-electron chi connectivity index (χ3n) is 16.0. The Kier molecular flexibility index (Phi) is 8.77. The lowest BCUT2D eigenvalue weighted by molar-refractivity contribution is 0.00578. The molecule has 6 heterocycles. The summed E-state index contributed by atoms with van der Waals surface area (Å²) in [5.41, 5.74) is 4.73. The summed E-state index contributed by atoms with van der Waals surface area (Å²) in [6, 6.07) is 27.3. The molecule has 0 aliphatic carbocycles. The highest BCUT2D eigenvalue weighted by molar-refractivity contribution is 8.34. The molecule has 0 bridgehead atoms. The lowest BCUT2D eigenvalue weighted by atomic mass is 9.77. The van der Waals surface area contributed by atoms with E-state index >= 15 is 0 Å². The summed E-state index contributed by atoms with van der Waals surface area (Å²) in [5.74, 6) is 0. The fourth-order valence-electron chi connectivity index (χ4n) is 9.27. The molecule has 13 heteroatoms. The van der Waals surface area contributed by atoms with Crippen LogP contribution in [0.5, 0.6) is 0 Å². The van der Waals surface area contributed by atoms with Gasteiger partial charge in [0, 0.05) is 19.6 Å². The molecule has 0 radical (unpaired) electrons. The maximum atomic E-state index is 6.74. The monoisotopic (exact) mass is 840 g/mol. The second-order valence-corrected chi connectivity index (χ2v) is 25.0. The van der Waals surface area contributed by atoms with E-state index in [0.29, 0.717) is 0 Å². The van der Waals surface area contributed by atoms with Crippen molar-refractivity contribution < 1.29 is 37.2 Å². The fraction of sp³-hybridized carbons (Fsp3) is 0.500. The minimum absolute atomic E-state index is 0.496. The molecule has 8 nitrogen and oxygen atoms in total. The van der Waals surface area contributed by atoms with E-state index in [1.54, 1.807) is 0 Å². The van der Waals surface area contributed by atoms with Crippen molar-refractivity contribution in [3.63, 3.8) is 0 Å². The van der Waals surface area contributed by atoms with Gasteiger partial charge in [-0.1, -0.05) is 48.5 Å². The summed E-state index contributed by atoms with van der Waals surface area (Å²) >= 11 is 0. The van der Waals surface area contributed by atoms with E-state index in [1.807, 2.05) is 0 Å². The van der Waals surface area contributed by atoms with Crippen LogP contribution in [0.15, 0.2) is 92.4 Å². The van der Waals surface area contributed by atoms with Crippen LogP contribution in [0, 0.1) is 0 Å². The lowest BCUT2D eigenvalue weighted by Gasteiger charge is -2.37. The fourth-order valence-corrected chi connectivity index (χ4v) is 14.0. The van der Waals surface area contributed by atoms with Crippen LogP contribution in [-0.2, 0) is 37.2 Å². The van der Waals surface area contributed by atoms with Crippen LogP contribution in [-0.4, -0.2) is 73.3 Å². The second kappa shape index (κ2) is 12.7. The number of hydrogen-bond acceptors (Lipinski definition) is 8. The molecule has 0 N–H and O–H groups in total. The van der Waals surface area contributed by atoms with Gasteiger partial charge in [-0.15, -0.1) is 10.0 Å². The third kappa shape index (κ3) is 5.80. The summed E-state index contributed by atoms with van der Waals surface area (Å²) in [4.78, 5) is 4.94. The molecule has 0 atom stereocenters. The van der Waals surface area contributed by atoms with Crippen LogP contribution in [0.3, 0.4) is 0 Å². The first-order valence-electron chi connectivity index (χ1n) is 21.9. The molecule has 4 saturated heterocycles. The SMILES string of the molecule is CC1(C)OB(c2ccc3c(c2)S2(c4cc(B5OC(C)(C)C(C)(C)O5)ccc4-3)c3cc(B4OC(C)(C)C(C)(C)O4)ccc3-c3ccc(B4OC(C)(C)C(C)(C)O4)cc32)OC1(C)C. The normalized spacial score (nSPS) is 26.1. The topological polar surface area (TPSA) is 73.8 Å². The van der Waals surface area contributed by atoms with Crippen molar-refractivity contribution in [1.82, 2.24) is 0 Å². The average molecular weight is 840 g/mol. The van der Waals surface area contributed by atoms with E-state index in [0.717, 1.165) is 21.9 Å². The van der Waals surface area contributed by atoms with Crippen molar-refractivity contribution in [3.05, 3.63) is 72.8 Å². The van der Waals surface area contributed by atoms with E-state index < -0.39 is 83.3 Å². The zero-order valence-corrected chi connectivity index (χ0v) is 39.7. The van der Waals surface area contributed by atoms with Crippen molar-refractivity contribution in [2.24, 2.45) is 0 Å². The largest absolute Gasteiger partial charge is 0.494 e. The molecule has 4 fully saturated rings. The van der Waals surface area contributed by atoms with E-state index in [4.69, 9.17) is 37.2 Å². The minimum atomic E-state index is -2.25. The van der Waals surface area contributed by atoms with Crippen LogP contribution in [0.2, 0.25) is 0 Å². The molecule has 6 aliphatic rings. The lowest BCUT2D eigenvalue weighted by Crippen LogP contribution is -2.41. The van der Waals surface area contributed by atoms with Gasteiger partial charge in [0.05, 0.1) is 44.8 Å². The molecule has 0 aromatic heterocycles. The Morgan fingerprint density at radius 2 is 0.443 bits per heavy atom. The van der Waals surface area contributed by atoms with E-state index in [2.05, 4.69) is 184 Å². The first-order valence-corrected chi connectivity index (χ1v) is 23.6. The van der Waals surface area contributed by atoms with Gasteiger partial charge in [0.1, 0.15) is 0 Å². The standard InChI is InChI=1S/C48H60B4O8S/c1-41(2)42(3,4)54-49(53-41)29-17-21-33-34-22-18-30(50-55-43(5,6)44(7,8)56-50)26-38(34)61(37(33)25-29)39-27-31(51-57-45(9,10)46(11,12)58-51)19-23-35(39)36-24-20-32(28-40(36)61)52-59-47(13,14)48(15,16)60-52/h17-28H,1-16H3. The van der Waals surface area contributed by atoms with Gasteiger partial charge in [-0.25, -0.2) is 0 Å². The molecular weight excluding hydrogens is 780 g/mol. The van der Waals surface area contributed by atoms with Gasteiger partial charge < -0.3 is 37.2 Å². The first kappa shape index (κ1) is 42.1. The van der Waals surface area contributed by atoms with E-state index in [-0.39, 0.29) is 0 Å². The highest BCUT2D eigenvalue weighted by Crippen LogP contribution is 2.84. The van der Waals surface area contributed by atoms with Crippen molar-refractivity contribution >= 4 is 60.4 Å². The van der Waals surface area contributed by atoms with Crippen LogP contribution < -0.4 is 21.9 Å². The molecule has 0 unspecified atom stereocenters. The number of rotatable bonds is 4. The predicted molar refractivity (Wildman–Crippen MR) is 247 cm³/mol. The van der Waals surface area contributed by atoms with Crippen molar-refractivity contribution in [1.29, 1.82) is 0 Å². The van der Waals surface area contributed by atoms with Crippen molar-refractivity contribution in [2.45, 2.75) is 175 Å². The minimum Gasteiger partial charge on any atom is -0.399 e. The predicted octanol–water partition coefficient (Wildman–Crippen LogP) is 8.19. The Morgan fingerprint density at radius 1 is 0.279 bits per heavy atom. The van der Waals surface area contributed by atoms with Crippen LogP contribution in [0.4, 0.5) is 0 Å². The summed E-state index contributed by atoms with van der Waals surface area (Å²) in [5, 5.41) is 0. The molecule has 4 aromatic carbocycles. The zero-order valence-electron chi connectivity index (χ0n) is 38.9. The molecule has 0 saturated carbocycles. The Balaban J connectivity index is 1.24. The van der Waals surface area contributed by atoms with Gasteiger partial charge in [0.25, 0.3) is 0 Å². The Bertz CT molecular complexity index is 2120.